The second-order valence-corrected chi connectivity index (χ2v) is 8.30. The lowest BCUT2D eigenvalue weighted by atomic mass is 9.73. The number of hydrogen-bond acceptors (Lipinski definition) is 3. The number of nitriles is 1. The van der Waals surface area contributed by atoms with Crippen molar-refractivity contribution < 1.29 is 4.79 Å². The first kappa shape index (κ1) is 17.7. The van der Waals surface area contributed by atoms with E-state index >= 15 is 0 Å². The van der Waals surface area contributed by atoms with Gasteiger partial charge < -0.3 is 5.41 Å². The number of benzene rings is 2. The second-order valence-electron chi connectivity index (χ2n) is 8.30. The fourth-order valence-corrected chi connectivity index (χ4v) is 4.71. The van der Waals surface area contributed by atoms with E-state index in [1.807, 2.05) is 19.1 Å². The maximum atomic E-state index is 12.7. The van der Waals surface area contributed by atoms with Crippen LogP contribution in [0.1, 0.15) is 37.8 Å². The van der Waals surface area contributed by atoms with E-state index in [2.05, 4.69) is 49.4 Å². The van der Waals surface area contributed by atoms with Gasteiger partial charge in [-0.15, -0.1) is 0 Å². The van der Waals surface area contributed by atoms with Crippen LogP contribution in [0.3, 0.4) is 0 Å². The number of carbonyl (C=O) groups is 1. The third kappa shape index (κ3) is 3.00. The summed E-state index contributed by atoms with van der Waals surface area (Å²) in [5.74, 6) is 0.599. The molecule has 2 aromatic rings. The molecular weight excluding hydrogens is 332 g/mol. The van der Waals surface area contributed by atoms with Crippen molar-refractivity contribution in [2.45, 2.75) is 38.5 Å². The average Bonchev–Trinajstić information content (AvgIpc) is 3.49. The number of nitrogens with zero attached hydrogens (tertiary/aromatic N) is 1. The van der Waals surface area contributed by atoms with Crippen molar-refractivity contribution in [2.24, 2.45) is 17.8 Å². The molecule has 2 aromatic carbocycles. The molecule has 27 heavy (non-hydrogen) atoms. The SMILES string of the molecule is CC1C(=N)C2CC2[C@](C)(c2cccc(-c3cccc(CC#N)c3)c2)CC1=O. The molecule has 0 amide bonds. The monoisotopic (exact) mass is 356 g/mol. The molecule has 4 atom stereocenters. The Morgan fingerprint density at radius 3 is 2.63 bits per heavy atom. The predicted molar refractivity (Wildman–Crippen MR) is 107 cm³/mol. The van der Waals surface area contributed by atoms with Crippen LogP contribution in [0, 0.1) is 34.5 Å². The van der Waals surface area contributed by atoms with Gasteiger partial charge in [0.05, 0.1) is 18.4 Å². The summed E-state index contributed by atoms with van der Waals surface area (Å²) in [5, 5.41) is 17.3. The molecule has 0 heterocycles. The highest BCUT2D eigenvalue weighted by Gasteiger charge is 2.57. The first-order valence-corrected chi connectivity index (χ1v) is 9.62. The minimum absolute atomic E-state index is 0.191. The van der Waals surface area contributed by atoms with Crippen molar-refractivity contribution >= 4 is 11.5 Å². The Morgan fingerprint density at radius 1 is 1.19 bits per heavy atom. The molecule has 2 aliphatic carbocycles. The topological polar surface area (TPSA) is 64.7 Å². The molecule has 2 saturated carbocycles. The predicted octanol–water partition coefficient (Wildman–Crippen LogP) is 4.94. The van der Waals surface area contributed by atoms with Crippen LogP contribution in [0.25, 0.3) is 11.1 Å². The summed E-state index contributed by atoms with van der Waals surface area (Å²) >= 11 is 0. The molecule has 2 aliphatic rings. The molecule has 1 N–H and O–H groups in total. The largest absolute Gasteiger partial charge is 0.309 e. The summed E-state index contributed by atoms with van der Waals surface area (Å²) < 4.78 is 0. The lowest BCUT2D eigenvalue weighted by molar-refractivity contribution is -0.121. The van der Waals surface area contributed by atoms with E-state index in [0.717, 1.165) is 23.1 Å². The first-order valence-electron chi connectivity index (χ1n) is 9.62. The van der Waals surface area contributed by atoms with Gasteiger partial charge in [-0.3, -0.25) is 4.79 Å². The van der Waals surface area contributed by atoms with Gasteiger partial charge in [-0.25, -0.2) is 0 Å². The number of nitrogens with one attached hydrogen (secondary N) is 1. The number of ketones is 1. The zero-order valence-electron chi connectivity index (χ0n) is 15.8. The lowest BCUT2D eigenvalue weighted by Crippen LogP contribution is -2.29. The summed E-state index contributed by atoms with van der Waals surface area (Å²) in [7, 11) is 0. The fourth-order valence-electron chi connectivity index (χ4n) is 4.71. The highest BCUT2D eigenvalue weighted by atomic mass is 16.1. The van der Waals surface area contributed by atoms with Crippen molar-refractivity contribution in [3.05, 3.63) is 59.7 Å². The van der Waals surface area contributed by atoms with Crippen molar-refractivity contribution in [3.8, 4) is 17.2 Å². The average molecular weight is 356 g/mol. The molecule has 0 spiro atoms. The summed E-state index contributed by atoms with van der Waals surface area (Å²) in [6.45, 7) is 4.09. The Morgan fingerprint density at radius 2 is 1.89 bits per heavy atom. The van der Waals surface area contributed by atoms with E-state index in [-0.39, 0.29) is 23.0 Å². The number of Topliss-reactive ketones (excluding diaryl/α,β-unsaturated/α-hetero) is 1. The fraction of sp³-hybridized carbons (Fsp3) is 0.375. The van der Waals surface area contributed by atoms with Crippen LogP contribution in [0.2, 0.25) is 0 Å². The molecular formula is C24H24N2O. The van der Waals surface area contributed by atoms with Gasteiger partial charge >= 0.3 is 0 Å². The lowest BCUT2D eigenvalue weighted by Gasteiger charge is -2.30. The zero-order chi connectivity index (χ0) is 19.2. The number of rotatable bonds is 3. The van der Waals surface area contributed by atoms with E-state index in [1.165, 1.54) is 5.56 Å². The third-order valence-corrected chi connectivity index (χ3v) is 6.56. The first-order chi connectivity index (χ1) is 12.9. The van der Waals surface area contributed by atoms with E-state index in [4.69, 9.17) is 10.7 Å². The Bertz CT molecular complexity index is 970. The van der Waals surface area contributed by atoms with Crippen molar-refractivity contribution in [2.75, 3.05) is 0 Å². The number of hydrogen-bond donors (Lipinski definition) is 1. The van der Waals surface area contributed by atoms with E-state index < -0.39 is 0 Å². The van der Waals surface area contributed by atoms with Gasteiger partial charge in [-0.1, -0.05) is 62.4 Å². The van der Waals surface area contributed by atoms with Gasteiger partial charge in [-0.05, 0) is 34.6 Å². The van der Waals surface area contributed by atoms with Crippen molar-refractivity contribution in [1.29, 1.82) is 10.7 Å². The van der Waals surface area contributed by atoms with Crippen LogP contribution in [0.4, 0.5) is 0 Å². The Balaban J connectivity index is 1.72. The number of fused-ring (bicyclic) bond motifs is 1. The van der Waals surface area contributed by atoms with E-state index in [9.17, 15) is 4.79 Å². The van der Waals surface area contributed by atoms with Gasteiger partial charge in [0.1, 0.15) is 5.78 Å². The van der Waals surface area contributed by atoms with Crippen LogP contribution in [0.15, 0.2) is 48.5 Å². The number of carbonyl (C=O) groups excluding carboxylic acids is 1. The molecule has 0 radical (unpaired) electrons. The summed E-state index contributed by atoms with van der Waals surface area (Å²) in [5.41, 5.74) is 4.84. The molecule has 0 aliphatic heterocycles. The Kier molecular flexibility index (Phi) is 4.23. The summed E-state index contributed by atoms with van der Waals surface area (Å²) in [6.07, 6.45) is 1.94. The van der Waals surface area contributed by atoms with Crippen LogP contribution >= 0.6 is 0 Å². The standard InChI is InChI=1S/C24H24N2O/c1-15-22(27)14-24(2,21-13-20(21)23(15)26)19-8-4-7-18(12-19)17-6-3-5-16(11-17)9-10-25/h3-8,11-12,15,20-21,26H,9,13-14H2,1-2H3/t15?,20?,21?,24-/m0/s1. The van der Waals surface area contributed by atoms with Crippen LogP contribution in [-0.2, 0) is 16.6 Å². The highest BCUT2D eigenvalue weighted by Crippen LogP contribution is 2.57. The molecule has 4 rings (SSSR count). The molecule has 0 bridgehead atoms. The molecule has 3 nitrogen and oxygen atoms in total. The molecule has 136 valence electrons. The molecule has 0 saturated heterocycles. The van der Waals surface area contributed by atoms with E-state index in [0.29, 0.717) is 24.5 Å². The van der Waals surface area contributed by atoms with E-state index in [1.54, 1.807) is 0 Å². The third-order valence-electron chi connectivity index (χ3n) is 6.56. The minimum atomic E-state index is -0.243. The van der Waals surface area contributed by atoms with Crippen LogP contribution in [0.5, 0.6) is 0 Å². The normalized spacial score (nSPS) is 29.6. The maximum Gasteiger partial charge on any atom is 0.142 e. The Labute approximate surface area is 160 Å². The molecule has 3 heteroatoms. The quantitative estimate of drug-likeness (QED) is 0.846. The van der Waals surface area contributed by atoms with Gasteiger partial charge in [0.2, 0.25) is 0 Å². The van der Waals surface area contributed by atoms with Gasteiger partial charge in [0, 0.05) is 23.5 Å². The summed E-state index contributed by atoms with van der Waals surface area (Å²) in [6, 6.07) is 18.8. The summed E-state index contributed by atoms with van der Waals surface area (Å²) in [4.78, 5) is 12.7. The van der Waals surface area contributed by atoms with Crippen molar-refractivity contribution in [3.63, 3.8) is 0 Å². The van der Waals surface area contributed by atoms with Gasteiger partial charge in [0.25, 0.3) is 0 Å². The zero-order valence-corrected chi connectivity index (χ0v) is 15.8. The minimum Gasteiger partial charge on any atom is -0.309 e. The highest BCUT2D eigenvalue weighted by molar-refractivity contribution is 6.07. The van der Waals surface area contributed by atoms with Gasteiger partial charge in [-0.2, -0.15) is 5.26 Å². The van der Waals surface area contributed by atoms with Crippen molar-refractivity contribution in [1.82, 2.24) is 0 Å². The molecule has 0 aromatic heterocycles. The van der Waals surface area contributed by atoms with Crippen LogP contribution < -0.4 is 0 Å². The Hall–Kier alpha value is -2.73. The molecule has 3 unspecified atom stereocenters. The second kappa shape index (κ2) is 6.46. The smallest absolute Gasteiger partial charge is 0.142 e. The van der Waals surface area contributed by atoms with Gasteiger partial charge in [0.15, 0.2) is 0 Å². The molecule has 2 fully saturated rings. The van der Waals surface area contributed by atoms with Crippen LogP contribution in [-0.4, -0.2) is 11.5 Å². The maximum absolute atomic E-state index is 12.7.